The van der Waals surface area contributed by atoms with Crippen LogP contribution in [0.4, 0.5) is 5.13 Å². The van der Waals surface area contributed by atoms with Crippen molar-refractivity contribution in [1.29, 1.82) is 0 Å². The van der Waals surface area contributed by atoms with E-state index < -0.39 is 0 Å². The van der Waals surface area contributed by atoms with Crippen LogP contribution in [-0.4, -0.2) is 48.1 Å². The van der Waals surface area contributed by atoms with Gasteiger partial charge in [0.2, 0.25) is 0 Å². The topological polar surface area (TPSA) is 45.4 Å². The summed E-state index contributed by atoms with van der Waals surface area (Å²) in [6.45, 7) is 10.6. The molecule has 2 rings (SSSR count). The Labute approximate surface area is 124 Å². The number of thiocarbonyl (C=S) groups is 1. The van der Waals surface area contributed by atoms with Crippen LogP contribution in [0.15, 0.2) is 0 Å². The SMILES string of the molecule is CN1CCN(c2nc(C(C)(C)C)c(C(N)=S)s2)CC1. The molecule has 19 heavy (non-hydrogen) atoms. The van der Waals surface area contributed by atoms with E-state index in [9.17, 15) is 0 Å². The van der Waals surface area contributed by atoms with Gasteiger partial charge >= 0.3 is 0 Å². The lowest BCUT2D eigenvalue weighted by molar-refractivity contribution is 0.312. The second kappa shape index (κ2) is 5.34. The molecule has 1 aliphatic rings. The number of anilines is 1. The molecule has 0 saturated carbocycles. The molecule has 1 aromatic rings. The molecular weight excluding hydrogens is 276 g/mol. The normalized spacial score (nSPS) is 17.8. The Morgan fingerprint density at radius 1 is 1.26 bits per heavy atom. The molecule has 0 aliphatic carbocycles. The Morgan fingerprint density at radius 2 is 1.84 bits per heavy atom. The third-order valence-corrected chi connectivity index (χ3v) is 4.81. The van der Waals surface area contributed by atoms with Crippen molar-refractivity contribution in [2.75, 3.05) is 38.1 Å². The van der Waals surface area contributed by atoms with E-state index in [-0.39, 0.29) is 5.41 Å². The van der Waals surface area contributed by atoms with Gasteiger partial charge in [-0.05, 0) is 7.05 Å². The lowest BCUT2D eigenvalue weighted by Gasteiger charge is -2.32. The molecule has 0 unspecified atom stereocenters. The number of hydrogen-bond acceptors (Lipinski definition) is 5. The molecule has 0 atom stereocenters. The molecule has 0 radical (unpaired) electrons. The van der Waals surface area contributed by atoms with Crippen molar-refractivity contribution in [2.45, 2.75) is 26.2 Å². The molecule has 106 valence electrons. The van der Waals surface area contributed by atoms with Crippen molar-refractivity contribution in [3.05, 3.63) is 10.6 Å². The fourth-order valence-corrected chi connectivity index (χ4v) is 3.52. The summed E-state index contributed by atoms with van der Waals surface area (Å²) in [5.74, 6) is 0. The van der Waals surface area contributed by atoms with Gasteiger partial charge in [-0.15, -0.1) is 0 Å². The largest absolute Gasteiger partial charge is 0.389 e. The minimum atomic E-state index is -0.0277. The van der Waals surface area contributed by atoms with Gasteiger partial charge in [-0.3, -0.25) is 0 Å². The van der Waals surface area contributed by atoms with E-state index in [4.69, 9.17) is 22.9 Å². The molecule has 2 heterocycles. The van der Waals surface area contributed by atoms with Crippen LogP contribution in [0.2, 0.25) is 0 Å². The van der Waals surface area contributed by atoms with Gasteiger partial charge < -0.3 is 15.5 Å². The van der Waals surface area contributed by atoms with Crippen LogP contribution in [0, 0.1) is 0 Å². The molecule has 4 nitrogen and oxygen atoms in total. The standard InChI is InChI=1S/C13H22N4S2/c1-13(2,3)10-9(11(14)18)19-12(15-10)17-7-5-16(4)6-8-17/h5-8H2,1-4H3,(H2,14,18). The number of rotatable bonds is 2. The van der Waals surface area contributed by atoms with E-state index in [0.717, 1.165) is 41.9 Å². The van der Waals surface area contributed by atoms with Crippen LogP contribution >= 0.6 is 23.6 Å². The predicted molar refractivity (Wildman–Crippen MR) is 86.4 cm³/mol. The van der Waals surface area contributed by atoms with Crippen molar-refractivity contribution >= 4 is 33.7 Å². The van der Waals surface area contributed by atoms with Crippen molar-refractivity contribution in [1.82, 2.24) is 9.88 Å². The van der Waals surface area contributed by atoms with Crippen molar-refractivity contribution in [3.8, 4) is 0 Å². The average Bonchev–Trinajstić information content (AvgIpc) is 2.74. The van der Waals surface area contributed by atoms with E-state index in [1.54, 1.807) is 11.3 Å². The summed E-state index contributed by atoms with van der Waals surface area (Å²) in [6.07, 6.45) is 0. The zero-order chi connectivity index (χ0) is 14.2. The fraction of sp³-hybridized carbons (Fsp3) is 0.692. The minimum Gasteiger partial charge on any atom is -0.389 e. The Bertz CT molecular complexity index is 467. The summed E-state index contributed by atoms with van der Waals surface area (Å²) < 4.78 is 0. The quantitative estimate of drug-likeness (QED) is 0.844. The van der Waals surface area contributed by atoms with Crippen LogP contribution in [0.1, 0.15) is 31.3 Å². The maximum atomic E-state index is 5.85. The van der Waals surface area contributed by atoms with Gasteiger partial charge in [0.25, 0.3) is 0 Å². The van der Waals surface area contributed by atoms with E-state index in [0.29, 0.717) is 4.99 Å². The number of nitrogens with two attached hydrogens (primary N) is 1. The third-order valence-electron chi connectivity index (χ3n) is 3.32. The number of aromatic nitrogens is 1. The number of likely N-dealkylation sites (N-methyl/N-ethyl adjacent to an activating group) is 1. The first-order valence-corrected chi connectivity index (χ1v) is 7.76. The Hall–Kier alpha value is -0.720. The summed E-state index contributed by atoms with van der Waals surface area (Å²) in [6, 6.07) is 0. The molecule has 1 aromatic heterocycles. The van der Waals surface area contributed by atoms with Crippen LogP contribution in [0.25, 0.3) is 0 Å². The number of piperazine rings is 1. The maximum Gasteiger partial charge on any atom is 0.186 e. The van der Waals surface area contributed by atoms with E-state index in [1.807, 2.05) is 0 Å². The van der Waals surface area contributed by atoms with Crippen LogP contribution < -0.4 is 10.6 Å². The summed E-state index contributed by atoms with van der Waals surface area (Å²) in [4.78, 5) is 10.9. The molecule has 0 bridgehead atoms. The Kier molecular flexibility index (Phi) is 4.13. The maximum absolute atomic E-state index is 5.85. The van der Waals surface area contributed by atoms with Crippen molar-refractivity contribution < 1.29 is 0 Å². The highest BCUT2D eigenvalue weighted by molar-refractivity contribution is 7.81. The molecule has 0 spiro atoms. The Morgan fingerprint density at radius 3 is 2.26 bits per heavy atom. The summed E-state index contributed by atoms with van der Waals surface area (Å²) in [5, 5.41) is 1.06. The second-order valence-electron chi connectivity index (χ2n) is 6.08. The lowest BCUT2D eigenvalue weighted by atomic mass is 9.91. The van der Waals surface area contributed by atoms with Crippen LogP contribution in [-0.2, 0) is 5.41 Å². The lowest BCUT2D eigenvalue weighted by Crippen LogP contribution is -2.44. The van der Waals surface area contributed by atoms with Crippen LogP contribution in [0.5, 0.6) is 0 Å². The van der Waals surface area contributed by atoms with Gasteiger partial charge in [-0.25, -0.2) is 4.98 Å². The molecule has 1 fully saturated rings. The van der Waals surface area contributed by atoms with E-state index >= 15 is 0 Å². The summed E-state index contributed by atoms with van der Waals surface area (Å²) >= 11 is 6.81. The van der Waals surface area contributed by atoms with Gasteiger partial charge in [0.15, 0.2) is 5.13 Å². The first kappa shape index (κ1) is 14.7. The molecule has 0 aromatic carbocycles. The zero-order valence-electron chi connectivity index (χ0n) is 12.1. The molecular formula is C13H22N4S2. The van der Waals surface area contributed by atoms with Gasteiger partial charge in [0.05, 0.1) is 10.6 Å². The number of hydrogen-bond donors (Lipinski definition) is 1. The average molecular weight is 298 g/mol. The summed E-state index contributed by atoms with van der Waals surface area (Å²) in [5.41, 5.74) is 6.85. The highest BCUT2D eigenvalue weighted by atomic mass is 32.1. The number of nitrogens with zero attached hydrogens (tertiary/aromatic N) is 3. The molecule has 2 N–H and O–H groups in total. The predicted octanol–water partition coefficient (Wildman–Crippen LogP) is 1.83. The van der Waals surface area contributed by atoms with Gasteiger partial charge in [0, 0.05) is 31.6 Å². The first-order valence-electron chi connectivity index (χ1n) is 6.53. The number of thiazole rings is 1. The highest BCUT2D eigenvalue weighted by Crippen LogP contribution is 2.34. The smallest absolute Gasteiger partial charge is 0.186 e. The molecule has 0 amide bonds. The van der Waals surface area contributed by atoms with Gasteiger partial charge in [-0.2, -0.15) is 0 Å². The van der Waals surface area contributed by atoms with Crippen molar-refractivity contribution in [2.24, 2.45) is 5.73 Å². The highest BCUT2D eigenvalue weighted by Gasteiger charge is 2.27. The van der Waals surface area contributed by atoms with Crippen LogP contribution in [0.3, 0.4) is 0 Å². The Balaban J connectivity index is 2.30. The second-order valence-corrected chi connectivity index (χ2v) is 7.50. The molecule has 1 aliphatic heterocycles. The fourth-order valence-electron chi connectivity index (χ4n) is 2.12. The van der Waals surface area contributed by atoms with Gasteiger partial charge in [0.1, 0.15) is 4.99 Å². The van der Waals surface area contributed by atoms with Gasteiger partial charge in [-0.1, -0.05) is 44.3 Å². The monoisotopic (exact) mass is 298 g/mol. The van der Waals surface area contributed by atoms with E-state index in [2.05, 4.69) is 37.6 Å². The van der Waals surface area contributed by atoms with Crippen molar-refractivity contribution in [3.63, 3.8) is 0 Å². The summed E-state index contributed by atoms with van der Waals surface area (Å²) in [7, 11) is 2.15. The third kappa shape index (κ3) is 3.24. The van der Waals surface area contributed by atoms with E-state index in [1.165, 1.54) is 0 Å². The first-order chi connectivity index (χ1) is 8.79. The molecule has 6 heteroatoms. The molecule has 1 saturated heterocycles. The zero-order valence-corrected chi connectivity index (χ0v) is 13.7. The minimum absolute atomic E-state index is 0.0277.